The second-order valence-electron chi connectivity index (χ2n) is 7.51. The van der Waals surface area contributed by atoms with E-state index in [-0.39, 0.29) is 12.4 Å². The van der Waals surface area contributed by atoms with Crippen LogP contribution in [0.2, 0.25) is 5.02 Å². The van der Waals surface area contributed by atoms with Crippen LogP contribution in [0.15, 0.2) is 64.6 Å². The molecule has 4 nitrogen and oxygen atoms in total. The molecular weight excluding hydrogens is 459 g/mol. The third kappa shape index (κ3) is 5.68. The van der Waals surface area contributed by atoms with E-state index in [9.17, 15) is 8.42 Å². The Hall–Kier alpha value is -1.31. The van der Waals surface area contributed by atoms with Crippen LogP contribution in [0, 0.1) is 0 Å². The van der Waals surface area contributed by atoms with E-state index in [2.05, 4.69) is 16.0 Å². The van der Waals surface area contributed by atoms with Crippen molar-refractivity contribution in [2.75, 3.05) is 19.3 Å². The molecular formula is C22H24Cl2N2O2S2. The van der Waals surface area contributed by atoms with Crippen molar-refractivity contribution in [2.24, 2.45) is 0 Å². The topological polar surface area (TPSA) is 50.3 Å². The summed E-state index contributed by atoms with van der Waals surface area (Å²) in [6.07, 6.45) is 7.11. The van der Waals surface area contributed by atoms with Gasteiger partial charge >= 0.3 is 0 Å². The van der Waals surface area contributed by atoms with Crippen molar-refractivity contribution in [1.82, 2.24) is 9.88 Å². The number of hydrogen-bond donors (Lipinski definition) is 0. The average Bonchev–Trinajstić information content (AvgIpc) is 2.70. The zero-order valence-corrected chi connectivity index (χ0v) is 19.8. The normalized spacial score (nSPS) is 15.8. The Labute approximate surface area is 193 Å². The van der Waals surface area contributed by atoms with Crippen molar-refractivity contribution in [3.05, 3.63) is 65.4 Å². The molecule has 0 radical (unpaired) electrons. The summed E-state index contributed by atoms with van der Waals surface area (Å²) in [5.41, 5.74) is 1.15. The number of hydrogen-bond acceptors (Lipinski definition) is 5. The maximum atomic E-state index is 11.6. The first-order valence-electron chi connectivity index (χ1n) is 9.60. The fraction of sp³-hybridized carbons (Fsp3) is 0.318. The first kappa shape index (κ1) is 23.4. The van der Waals surface area contributed by atoms with Crippen LogP contribution in [0.3, 0.4) is 0 Å². The molecule has 160 valence electrons. The van der Waals surface area contributed by atoms with Gasteiger partial charge in [-0.2, -0.15) is 0 Å². The summed E-state index contributed by atoms with van der Waals surface area (Å²) in [5, 5.41) is 3.58. The molecule has 0 bridgehead atoms. The molecule has 1 saturated heterocycles. The molecule has 8 heteroatoms. The van der Waals surface area contributed by atoms with Gasteiger partial charge in [0.15, 0.2) is 9.84 Å². The van der Waals surface area contributed by atoms with Gasteiger partial charge in [0.1, 0.15) is 0 Å². The van der Waals surface area contributed by atoms with Gasteiger partial charge in [-0.3, -0.25) is 9.88 Å². The summed E-state index contributed by atoms with van der Waals surface area (Å²) in [6.45, 7) is 2.91. The van der Waals surface area contributed by atoms with Crippen molar-refractivity contribution >= 4 is 56.4 Å². The molecule has 30 heavy (non-hydrogen) atoms. The fourth-order valence-electron chi connectivity index (χ4n) is 3.64. The Balaban J connectivity index is 0.00000256. The minimum atomic E-state index is -3.14. The first-order chi connectivity index (χ1) is 13.9. The first-order valence-corrected chi connectivity index (χ1v) is 12.7. The lowest BCUT2D eigenvalue weighted by Crippen LogP contribution is -2.34. The molecule has 2 aromatic carbocycles. The van der Waals surface area contributed by atoms with E-state index in [4.69, 9.17) is 11.6 Å². The van der Waals surface area contributed by atoms with Gasteiger partial charge in [0.25, 0.3) is 0 Å². The van der Waals surface area contributed by atoms with E-state index in [1.54, 1.807) is 12.1 Å². The Kier molecular flexibility index (Phi) is 7.69. The summed E-state index contributed by atoms with van der Waals surface area (Å²) in [5.74, 6) is 0. The Morgan fingerprint density at radius 3 is 2.47 bits per heavy atom. The molecule has 1 aliphatic rings. The van der Waals surface area contributed by atoms with E-state index in [1.165, 1.54) is 11.6 Å². The van der Waals surface area contributed by atoms with E-state index >= 15 is 0 Å². The van der Waals surface area contributed by atoms with Crippen molar-refractivity contribution in [3.63, 3.8) is 0 Å². The van der Waals surface area contributed by atoms with Crippen LogP contribution >= 0.6 is 35.8 Å². The molecule has 3 aromatic rings. The van der Waals surface area contributed by atoms with Gasteiger partial charge in [-0.15, -0.1) is 24.2 Å². The maximum absolute atomic E-state index is 11.6. The average molecular weight is 483 g/mol. The zero-order chi connectivity index (χ0) is 20.4. The fourth-order valence-corrected chi connectivity index (χ4v) is 5.75. The second kappa shape index (κ2) is 9.88. The monoisotopic (exact) mass is 482 g/mol. The van der Waals surface area contributed by atoms with Crippen LogP contribution in [0.1, 0.15) is 18.4 Å². The zero-order valence-electron chi connectivity index (χ0n) is 16.6. The number of rotatable bonds is 5. The van der Waals surface area contributed by atoms with Crippen LogP contribution in [0.25, 0.3) is 10.8 Å². The third-order valence-electron chi connectivity index (χ3n) is 5.28. The molecule has 0 amide bonds. The van der Waals surface area contributed by atoms with Crippen molar-refractivity contribution in [3.8, 4) is 0 Å². The molecule has 1 aliphatic heterocycles. The Morgan fingerprint density at radius 1 is 1.10 bits per heavy atom. The number of piperidine rings is 1. The van der Waals surface area contributed by atoms with Crippen molar-refractivity contribution < 1.29 is 8.42 Å². The molecule has 0 atom stereocenters. The summed E-state index contributed by atoms with van der Waals surface area (Å²) >= 11 is 8.37. The van der Waals surface area contributed by atoms with E-state index < -0.39 is 9.84 Å². The predicted octanol–water partition coefficient (Wildman–Crippen LogP) is 5.47. The van der Waals surface area contributed by atoms with Gasteiger partial charge in [-0.05, 0) is 67.2 Å². The van der Waals surface area contributed by atoms with Gasteiger partial charge in [-0.1, -0.05) is 23.7 Å². The highest BCUT2D eigenvalue weighted by Crippen LogP contribution is 2.37. The van der Waals surface area contributed by atoms with Crippen LogP contribution in [-0.2, 0) is 16.4 Å². The molecule has 0 saturated carbocycles. The smallest absolute Gasteiger partial charge is 0.175 e. The van der Waals surface area contributed by atoms with Gasteiger partial charge in [-0.25, -0.2) is 8.42 Å². The number of sulfone groups is 1. The molecule has 0 aliphatic carbocycles. The number of pyridine rings is 1. The third-order valence-corrected chi connectivity index (χ3v) is 8.23. The molecule has 1 fully saturated rings. The predicted molar refractivity (Wildman–Crippen MR) is 128 cm³/mol. The van der Waals surface area contributed by atoms with E-state index in [0.717, 1.165) is 53.3 Å². The molecule has 4 rings (SSSR count). The van der Waals surface area contributed by atoms with Gasteiger partial charge in [0, 0.05) is 40.7 Å². The minimum Gasteiger partial charge on any atom is -0.299 e. The highest BCUT2D eigenvalue weighted by Gasteiger charge is 2.21. The van der Waals surface area contributed by atoms with Gasteiger partial charge in [0.05, 0.1) is 9.92 Å². The lowest BCUT2D eigenvalue weighted by Gasteiger charge is -2.31. The number of nitrogens with zero attached hydrogens (tertiary/aromatic N) is 2. The van der Waals surface area contributed by atoms with E-state index in [1.807, 2.05) is 48.4 Å². The quantitative estimate of drug-likeness (QED) is 0.482. The summed E-state index contributed by atoms with van der Waals surface area (Å²) in [6, 6.07) is 13.4. The minimum absolute atomic E-state index is 0. The molecule has 0 N–H and O–H groups in total. The lowest BCUT2D eigenvalue weighted by atomic mass is 10.1. The summed E-state index contributed by atoms with van der Waals surface area (Å²) in [7, 11) is -3.14. The number of halogens is 2. The lowest BCUT2D eigenvalue weighted by molar-refractivity contribution is 0.225. The Bertz CT molecular complexity index is 1110. The Morgan fingerprint density at radius 2 is 1.80 bits per heavy atom. The van der Waals surface area contributed by atoms with Gasteiger partial charge in [0.2, 0.25) is 0 Å². The standard InChI is InChI=1S/C22H23ClN2O2S2.ClH/c1-29(26,27)20-4-2-16(3-5-20)15-25-10-7-19(8-11-25)28-22-13-17-6-9-24-14-18(17)12-21(22)23;/h2-6,9,12-14,19H,7-8,10-11,15H2,1H3;1H. The largest absolute Gasteiger partial charge is 0.299 e. The van der Waals surface area contributed by atoms with Gasteiger partial charge < -0.3 is 0 Å². The van der Waals surface area contributed by atoms with Crippen molar-refractivity contribution in [2.45, 2.75) is 34.4 Å². The maximum Gasteiger partial charge on any atom is 0.175 e. The van der Waals surface area contributed by atoms with Crippen LogP contribution < -0.4 is 0 Å². The number of benzene rings is 2. The highest BCUT2D eigenvalue weighted by atomic mass is 35.5. The van der Waals surface area contributed by atoms with Crippen LogP contribution in [-0.4, -0.2) is 42.9 Å². The summed E-state index contributed by atoms with van der Waals surface area (Å²) < 4.78 is 23.2. The number of aromatic nitrogens is 1. The summed E-state index contributed by atoms with van der Waals surface area (Å²) in [4.78, 5) is 8.10. The molecule has 0 spiro atoms. The second-order valence-corrected chi connectivity index (χ2v) is 11.3. The number of fused-ring (bicyclic) bond motifs is 1. The van der Waals surface area contributed by atoms with E-state index in [0.29, 0.717) is 10.1 Å². The molecule has 1 aromatic heterocycles. The number of likely N-dealkylation sites (tertiary alicyclic amines) is 1. The van der Waals surface area contributed by atoms with Crippen LogP contribution in [0.5, 0.6) is 0 Å². The molecule has 2 heterocycles. The van der Waals surface area contributed by atoms with Crippen molar-refractivity contribution in [1.29, 1.82) is 0 Å². The highest BCUT2D eigenvalue weighted by molar-refractivity contribution is 8.00. The van der Waals surface area contributed by atoms with Crippen LogP contribution in [0.4, 0.5) is 0 Å². The molecule has 0 unspecified atom stereocenters. The SMILES string of the molecule is CS(=O)(=O)c1ccc(CN2CCC(Sc3cc4ccncc4cc3Cl)CC2)cc1.Cl. The number of thioether (sulfide) groups is 1.